The molecule has 3 rings (SSSR count). The van der Waals surface area contributed by atoms with E-state index >= 15 is 0 Å². The molecule has 0 saturated heterocycles. The van der Waals surface area contributed by atoms with Crippen LogP contribution in [0.25, 0.3) is 0 Å². The van der Waals surface area contributed by atoms with Crippen LogP contribution in [0.3, 0.4) is 0 Å². The van der Waals surface area contributed by atoms with Crippen molar-refractivity contribution in [3.8, 4) is 5.88 Å². The third-order valence-electron chi connectivity index (χ3n) is 4.86. The Kier molecular flexibility index (Phi) is 7.49. The van der Waals surface area contributed by atoms with E-state index in [2.05, 4.69) is 10.3 Å². The maximum Gasteiger partial charge on any atom is 0.333 e. The lowest BCUT2D eigenvalue weighted by atomic mass is 10.1. The second kappa shape index (κ2) is 10.3. The smallest absolute Gasteiger partial charge is 0.333 e. The van der Waals surface area contributed by atoms with Gasteiger partial charge in [-0.05, 0) is 36.8 Å². The number of hydrogen-bond acceptors (Lipinski definition) is 6. The van der Waals surface area contributed by atoms with E-state index in [4.69, 9.17) is 0 Å². The molecule has 1 amide bonds. The van der Waals surface area contributed by atoms with Gasteiger partial charge in [0.25, 0.3) is 5.56 Å². The summed E-state index contributed by atoms with van der Waals surface area (Å²) in [4.78, 5) is 41.7. The van der Waals surface area contributed by atoms with Gasteiger partial charge in [-0.2, -0.15) is 0 Å². The third-order valence-corrected chi connectivity index (χ3v) is 5.83. The van der Waals surface area contributed by atoms with Crippen LogP contribution >= 0.6 is 11.8 Å². The normalized spacial score (nSPS) is 11.5. The van der Waals surface area contributed by atoms with E-state index < -0.39 is 22.9 Å². The lowest BCUT2D eigenvalue weighted by molar-refractivity contribution is -0.118. The monoisotopic (exact) mass is 470 g/mol. The summed E-state index contributed by atoms with van der Waals surface area (Å²) in [6.45, 7) is 2.30. The molecule has 0 bridgehead atoms. The van der Waals surface area contributed by atoms with Gasteiger partial charge < -0.3 is 10.4 Å². The van der Waals surface area contributed by atoms with Crippen molar-refractivity contribution < 1.29 is 14.3 Å². The maximum absolute atomic E-state index is 13.3. The number of thioether (sulfide) groups is 1. The Morgan fingerprint density at radius 3 is 2.33 bits per heavy atom. The Bertz CT molecular complexity index is 1310. The molecule has 0 aliphatic carbocycles. The second-order valence-corrected chi connectivity index (χ2v) is 8.31. The Morgan fingerprint density at radius 2 is 1.70 bits per heavy atom. The average molecular weight is 471 g/mol. The van der Waals surface area contributed by atoms with Crippen molar-refractivity contribution in [3.05, 3.63) is 91.9 Å². The minimum absolute atomic E-state index is 0.0285. The number of amides is 1. The van der Waals surface area contributed by atoms with Gasteiger partial charge >= 0.3 is 5.69 Å². The molecule has 3 aromatic rings. The predicted octanol–water partition coefficient (Wildman–Crippen LogP) is 2.37. The number of nitrogens with one attached hydrogen (secondary N) is 1. The van der Waals surface area contributed by atoms with E-state index in [-0.39, 0.29) is 22.3 Å². The highest BCUT2D eigenvalue weighted by molar-refractivity contribution is 8.15. The Balaban J connectivity index is 1.88. The van der Waals surface area contributed by atoms with Gasteiger partial charge in [-0.1, -0.05) is 41.6 Å². The molecule has 0 saturated carbocycles. The van der Waals surface area contributed by atoms with Crippen LogP contribution in [-0.2, 0) is 25.4 Å². The summed E-state index contributed by atoms with van der Waals surface area (Å²) in [6.07, 6.45) is 0. The van der Waals surface area contributed by atoms with E-state index in [0.29, 0.717) is 12.2 Å². The second-order valence-electron chi connectivity index (χ2n) is 7.35. The number of aliphatic imine (C=N–C) groups is 1. The molecule has 0 radical (unpaired) electrons. The van der Waals surface area contributed by atoms with Crippen molar-refractivity contribution in [2.24, 2.45) is 19.1 Å². The van der Waals surface area contributed by atoms with Crippen LogP contribution in [0.5, 0.6) is 5.88 Å². The summed E-state index contributed by atoms with van der Waals surface area (Å²) in [5, 5.41) is 13.3. The molecule has 33 heavy (non-hydrogen) atoms. The van der Waals surface area contributed by atoms with Crippen LogP contribution in [0.4, 0.5) is 10.1 Å². The minimum Gasteiger partial charge on any atom is -0.494 e. The zero-order valence-corrected chi connectivity index (χ0v) is 19.1. The lowest BCUT2D eigenvalue weighted by Crippen LogP contribution is -2.39. The first-order valence-corrected chi connectivity index (χ1v) is 10.9. The van der Waals surface area contributed by atoms with Crippen LogP contribution < -0.4 is 16.6 Å². The van der Waals surface area contributed by atoms with Crippen LogP contribution in [-0.4, -0.2) is 30.9 Å². The summed E-state index contributed by atoms with van der Waals surface area (Å²) < 4.78 is 15.0. The van der Waals surface area contributed by atoms with Crippen LogP contribution in [0.1, 0.15) is 16.7 Å². The first-order valence-electron chi connectivity index (χ1n) is 9.96. The topological polar surface area (TPSA) is 106 Å². The minimum atomic E-state index is -0.760. The fourth-order valence-corrected chi connectivity index (χ4v) is 3.77. The number of rotatable bonds is 6. The van der Waals surface area contributed by atoms with Crippen molar-refractivity contribution in [1.82, 2.24) is 14.5 Å². The number of halogens is 1. The van der Waals surface area contributed by atoms with E-state index in [9.17, 15) is 23.9 Å². The van der Waals surface area contributed by atoms with Gasteiger partial charge in [-0.3, -0.25) is 18.7 Å². The quantitative estimate of drug-likeness (QED) is 0.425. The molecule has 0 atom stereocenters. The number of aromatic hydroxyl groups is 1. The number of hydrogen-bond donors (Lipinski definition) is 2. The third kappa shape index (κ3) is 5.78. The number of carbonyl (C=O) groups excluding carboxylic acids is 1. The summed E-state index contributed by atoms with van der Waals surface area (Å²) in [5.41, 5.74) is 0.673. The fraction of sp³-hybridized carbons (Fsp3) is 0.217. The van der Waals surface area contributed by atoms with E-state index in [1.54, 1.807) is 0 Å². The standard InChI is InChI=1S/C23H23FN4O4S/c1-14-4-6-15(7-5-14)12-25-18(29)13-33-20(26-17-10-8-16(24)9-11-17)19-21(30)27(2)23(32)28(3)22(19)31/h4-11,30H,12-13H2,1-3H3,(H,25,29). The van der Waals surface area contributed by atoms with Gasteiger partial charge in [0.15, 0.2) is 0 Å². The van der Waals surface area contributed by atoms with Crippen LogP contribution in [0.2, 0.25) is 0 Å². The number of carbonyl (C=O) groups is 1. The molecule has 0 unspecified atom stereocenters. The fourth-order valence-electron chi connectivity index (χ4n) is 2.91. The number of aromatic nitrogens is 2. The van der Waals surface area contributed by atoms with Crippen LogP contribution in [0, 0.1) is 12.7 Å². The van der Waals surface area contributed by atoms with Crippen molar-refractivity contribution in [3.63, 3.8) is 0 Å². The lowest BCUT2D eigenvalue weighted by Gasteiger charge is -2.12. The summed E-state index contributed by atoms with van der Waals surface area (Å²) in [5.74, 6) is -1.44. The van der Waals surface area contributed by atoms with Crippen molar-refractivity contribution in [2.75, 3.05) is 5.75 Å². The Morgan fingerprint density at radius 1 is 1.06 bits per heavy atom. The number of benzene rings is 2. The Labute approximate surface area is 193 Å². The molecular formula is C23H23FN4O4S. The van der Waals surface area contributed by atoms with Crippen molar-refractivity contribution in [1.29, 1.82) is 0 Å². The zero-order valence-electron chi connectivity index (χ0n) is 18.3. The molecule has 0 spiro atoms. The zero-order chi connectivity index (χ0) is 24.1. The summed E-state index contributed by atoms with van der Waals surface area (Å²) in [6, 6.07) is 12.9. The van der Waals surface area contributed by atoms with Crippen LogP contribution in [0.15, 0.2) is 63.1 Å². The number of nitrogens with zero attached hydrogens (tertiary/aromatic N) is 3. The largest absolute Gasteiger partial charge is 0.494 e. The molecular weight excluding hydrogens is 447 g/mol. The van der Waals surface area contributed by atoms with Crippen molar-refractivity contribution in [2.45, 2.75) is 13.5 Å². The highest BCUT2D eigenvalue weighted by Crippen LogP contribution is 2.23. The highest BCUT2D eigenvalue weighted by Gasteiger charge is 2.21. The average Bonchev–Trinajstić information content (AvgIpc) is 2.81. The molecule has 0 aliphatic heterocycles. The first kappa shape index (κ1) is 24.0. The molecule has 1 aromatic heterocycles. The molecule has 172 valence electrons. The summed E-state index contributed by atoms with van der Waals surface area (Å²) in [7, 11) is 2.59. The summed E-state index contributed by atoms with van der Waals surface area (Å²) >= 11 is 0.926. The van der Waals surface area contributed by atoms with E-state index in [1.807, 2.05) is 31.2 Å². The molecule has 0 aliphatic rings. The van der Waals surface area contributed by atoms with Gasteiger partial charge in [0.1, 0.15) is 16.4 Å². The first-order chi connectivity index (χ1) is 15.7. The van der Waals surface area contributed by atoms with Gasteiger partial charge in [0.2, 0.25) is 11.8 Å². The van der Waals surface area contributed by atoms with E-state index in [0.717, 1.165) is 32.0 Å². The molecule has 1 heterocycles. The Hall–Kier alpha value is -3.66. The molecule has 2 aromatic carbocycles. The van der Waals surface area contributed by atoms with E-state index in [1.165, 1.54) is 38.4 Å². The number of aryl methyl sites for hydroxylation is 1. The van der Waals surface area contributed by atoms with Gasteiger partial charge in [-0.25, -0.2) is 14.2 Å². The maximum atomic E-state index is 13.3. The van der Waals surface area contributed by atoms with Crippen molar-refractivity contribution >= 4 is 28.4 Å². The molecule has 8 nitrogen and oxygen atoms in total. The molecule has 2 N–H and O–H groups in total. The molecule has 10 heteroatoms. The predicted molar refractivity (Wildman–Crippen MR) is 127 cm³/mol. The van der Waals surface area contributed by atoms with Gasteiger partial charge in [-0.15, -0.1) is 0 Å². The SMILES string of the molecule is Cc1ccc(CNC(=O)CSC(=Nc2ccc(F)cc2)c2c(O)n(C)c(=O)n(C)c2=O)cc1. The molecule has 0 fully saturated rings. The highest BCUT2D eigenvalue weighted by atomic mass is 32.2. The van der Waals surface area contributed by atoms with Gasteiger partial charge in [0, 0.05) is 20.6 Å². The van der Waals surface area contributed by atoms with Gasteiger partial charge in [0.05, 0.1) is 11.4 Å².